The van der Waals surface area contributed by atoms with Crippen molar-refractivity contribution in [3.05, 3.63) is 28.2 Å². The van der Waals surface area contributed by atoms with Crippen LogP contribution in [0.4, 0.5) is 0 Å². The number of sulfonamides is 1. The first-order valence-corrected chi connectivity index (χ1v) is 8.23. The quantitative estimate of drug-likeness (QED) is 0.884. The Balaban J connectivity index is 2.16. The lowest BCUT2D eigenvalue weighted by Gasteiger charge is -2.14. The van der Waals surface area contributed by atoms with Gasteiger partial charge < -0.3 is 5.11 Å². The highest BCUT2D eigenvalue weighted by Crippen LogP contribution is 2.29. The van der Waals surface area contributed by atoms with E-state index in [4.69, 9.17) is 28.3 Å². The second-order valence-corrected chi connectivity index (χ2v) is 7.27. The standard InChI is InChI=1S/C12H13Cl2NO4S/c13-8-2-4-10(14)11(6-8)20(18,19)15-9-3-1-7(5-9)12(16)17/h2,4,6-7,9,15H,1,3,5H2,(H,16,17)/t7-,9+/m1/s1. The van der Waals surface area contributed by atoms with E-state index in [0.29, 0.717) is 12.8 Å². The van der Waals surface area contributed by atoms with Crippen LogP contribution in [-0.4, -0.2) is 25.5 Å². The van der Waals surface area contributed by atoms with Gasteiger partial charge in [0.1, 0.15) is 4.90 Å². The Hall–Kier alpha value is -0.820. The number of benzene rings is 1. The third-order valence-electron chi connectivity index (χ3n) is 3.29. The zero-order chi connectivity index (χ0) is 14.9. The number of carboxylic acids is 1. The molecule has 0 saturated heterocycles. The van der Waals surface area contributed by atoms with E-state index in [1.807, 2.05) is 0 Å². The Bertz CT molecular complexity index is 632. The van der Waals surface area contributed by atoms with Crippen molar-refractivity contribution < 1.29 is 18.3 Å². The van der Waals surface area contributed by atoms with Gasteiger partial charge in [0.25, 0.3) is 0 Å². The molecule has 0 aromatic heterocycles. The highest BCUT2D eigenvalue weighted by Gasteiger charge is 2.33. The number of hydrogen-bond acceptors (Lipinski definition) is 3. The lowest BCUT2D eigenvalue weighted by molar-refractivity contribution is -0.141. The number of aliphatic carboxylic acids is 1. The van der Waals surface area contributed by atoms with Gasteiger partial charge in [0, 0.05) is 11.1 Å². The summed E-state index contributed by atoms with van der Waals surface area (Å²) in [5, 5.41) is 9.26. The van der Waals surface area contributed by atoms with Crippen LogP contribution >= 0.6 is 23.2 Å². The summed E-state index contributed by atoms with van der Waals surface area (Å²) in [6.45, 7) is 0. The largest absolute Gasteiger partial charge is 0.481 e. The number of hydrogen-bond donors (Lipinski definition) is 2. The minimum absolute atomic E-state index is 0.0784. The number of carbonyl (C=O) groups is 1. The summed E-state index contributed by atoms with van der Waals surface area (Å²) in [6.07, 6.45) is 1.24. The Kier molecular flexibility index (Phi) is 4.59. The normalized spacial score (nSPS) is 22.9. The number of nitrogens with one attached hydrogen (secondary N) is 1. The lowest BCUT2D eigenvalue weighted by atomic mass is 10.1. The van der Waals surface area contributed by atoms with Crippen molar-refractivity contribution in [2.45, 2.75) is 30.2 Å². The van der Waals surface area contributed by atoms with Gasteiger partial charge in [-0.2, -0.15) is 0 Å². The molecule has 20 heavy (non-hydrogen) atoms. The van der Waals surface area contributed by atoms with Crippen molar-refractivity contribution in [1.82, 2.24) is 4.72 Å². The van der Waals surface area contributed by atoms with Gasteiger partial charge >= 0.3 is 5.97 Å². The molecule has 1 aromatic carbocycles. The first-order valence-electron chi connectivity index (χ1n) is 6.00. The fraction of sp³-hybridized carbons (Fsp3) is 0.417. The molecule has 0 heterocycles. The molecule has 1 aliphatic rings. The molecule has 1 saturated carbocycles. The molecule has 0 bridgehead atoms. The van der Waals surface area contributed by atoms with Gasteiger partial charge in [-0.05, 0) is 37.5 Å². The molecule has 2 N–H and O–H groups in total. The third kappa shape index (κ3) is 3.44. The van der Waals surface area contributed by atoms with E-state index in [1.54, 1.807) is 0 Å². The van der Waals surface area contributed by atoms with Gasteiger partial charge in [0.15, 0.2) is 0 Å². The molecular formula is C12H13Cl2NO4S. The van der Waals surface area contributed by atoms with E-state index in [2.05, 4.69) is 4.72 Å². The Labute approximate surface area is 126 Å². The molecule has 2 rings (SSSR count). The highest BCUT2D eigenvalue weighted by atomic mass is 35.5. The summed E-state index contributed by atoms with van der Waals surface area (Å²) in [7, 11) is -3.81. The number of halogens is 2. The molecule has 8 heteroatoms. The molecule has 5 nitrogen and oxygen atoms in total. The average Bonchev–Trinajstić information content (AvgIpc) is 2.80. The second kappa shape index (κ2) is 5.89. The van der Waals surface area contributed by atoms with E-state index in [-0.39, 0.29) is 21.4 Å². The van der Waals surface area contributed by atoms with Crippen molar-refractivity contribution in [3.63, 3.8) is 0 Å². The SMILES string of the molecule is O=C(O)[C@@H]1CC[C@H](NS(=O)(=O)c2cc(Cl)ccc2Cl)C1. The number of rotatable bonds is 4. The van der Waals surface area contributed by atoms with Crippen LogP contribution in [0.25, 0.3) is 0 Å². The van der Waals surface area contributed by atoms with Crippen LogP contribution in [0, 0.1) is 5.92 Å². The van der Waals surface area contributed by atoms with Crippen LogP contribution in [0.2, 0.25) is 10.0 Å². The minimum atomic E-state index is -3.81. The van der Waals surface area contributed by atoms with Crippen molar-refractivity contribution in [1.29, 1.82) is 0 Å². The van der Waals surface area contributed by atoms with Crippen LogP contribution in [0.5, 0.6) is 0 Å². The zero-order valence-electron chi connectivity index (χ0n) is 10.3. The summed E-state index contributed by atoms with van der Waals surface area (Å²) in [5.41, 5.74) is 0. The zero-order valence-corrected chi connectivity index (χ0v) is 12.7. The minimum Gasteiger partial charge on any atom is -0.481 e. The van der Waals surface area contributed by atoms with Crippen LogP contribution in [0.3, 0.4) is 0 Å². The summed E-state index contributed by atoms with van der Waals surface area (Å²) in [6, 6.07) is 3.79. The molecule has 1 fully saturated rings. The van der Waals surface area contributed by atoms with Crippen LogP contribution in [-0.2, 0) is 14.8 Å². The van der Waals surface area contributed by atoms with Gasteiger partial charge in [-0.1, -0.05) is 23.2 Å². The molecule has 0 spiro atoms. The van der Waals surface area contributed by atoms with Gasteiger partial charge in [-0.3, -0.25) is 4.79 Å². The topological polar surface area (TPSA) is 83.5 Å². The van der Waals surface area contributed by atoms with Gasteiger partial charge in [-0.15, -0.1) is 0 Å². The van der Waals surface area contributed by atoms with E-state index >= 15 is 0 Å². The fourth-order valence-electron chi connectivity index (χ4n) is 2.28. The number of carboxylic acid groups (broad SMARTS) is 1. The average molecular weight is 338 g/mol. The summed E-state index contributed by atoms with van der Waals surface area (Å²) in [4.78, 5) is 10.8. The maximum atomic E-state index is 12.2. The second-order valence-electron chi connectivity index (χ2n) is 4.74. The molecule has 110 valence electrons. The Morgan fingerprint density at radius 3 is 2.60 bits per heavy atom. The van der Waals surface area contributed by atoms with E-state index in [9.17, 15) is 13.2 Å². The highest BCUT2D eigenvalue weighted by molar-refractivity contribution is 7.89. The van der Waals surface area contributed by atoms with Gasteiger partial charge in [0.2, 0.25) is 10.0 Å². The Morgan fingerprint density at radius 1 is 1.30 bits per heavy atom. The van der Waals surface area contributed by atoms with E-state index in [0.717, 1.165) is 0 Å². The summed E-state index contributed by atoms with van der Waals surface area (Å²) in [5.74, 6) is -1.40. The van der Waals surface area contributed by atoms with Crippen LogP contribution in [0.1, 0.15) is 19.3 Å². The maximum Gasteiger partial charge on any atom is 0.306 e. The first-order chi connectivity index (χ1) is 9.29. The summed E-state index contributed by atoms with van der Waals surface area (Å²) >= 11 is 11.6. The molecule has 0 unspecified atom stereocenters. The smallest absolute Gasteiger partial charge is 0.306 e. The van der Waals surface area contributed by atoms with E-state index < -0.39 is 28.0 Å². The molecule has 1 aromatic rings. The van der Waals surface area contributed by atoms with Gasteiger partial charge in [-0.25, -0.2) is 13.1 Å². The molecule has 2 atom stereocenters. The predicted octanol–water partition coefficient (Wildman–Crippen LogP) is 2.53. The maximum absolute atomic E-state index is 12.2. The molecule has 0 aliphatic heterocycles. The van der Waals surface area contributed by atoms with E-state index in [1.165, 1.54) is 18.2 Å². The first kappa shape index (κ1) is 15.6. The van der Waals surface area contributed by atoms with Crippen molar-refractivity contribution >= 4 is 39.2 Å². The molecule has 1 aliphatic carbocycles. The van der Waals surface area contributed by atoms with Crippen molar-refractivity contribution in [2.24, 2.45) is 5.92 Å². The monoisotopic (exact) mass is 337 g/mol. The van der Waals surface area contributed by atoms with Crippen LogP contribution < -0.4 is 4.72 Å². The molecular weight excluding hydrogens is 325 g/mol. The summed E-state index contributed by atoms with van der Waals surface area (Å²) < 4.78 is 27.0. The van der Waals surface area contributed by atoms with Crippen LogP contribution in [0.15, 0.2) is 23.1 Å². The Morgan fingerprint density at radius 2 is 2.00 bits per heavy atom. The molecule has 0 radical (unpaired) electrons. The van der Waals surface area contributed by atoms with Gasteiger partial charge in [0.05, 0.1) is 10.9 Å². The van der Waals surface area contributed by atoms with Crippen molar-refractivity contribution in [3.8, 4) is 0 Å². The predicted molar refractivity (Wildman–Crippen MR) is 75.5 cm³/mol. The lowest BCUT2D eigenvalue weighted by Crippen LogP contribution is -2.33. The van der Waals surface area contributed by atoms with Crippen molar-refractivity contribution in [2.75, 3.05) is 0 Å². The fourth-order valence-corrected chi connectivity index (χ4v) is 4.32. The molecule has 0 amide bonds. The third-order valence-corrected chi connectivity index (χ3v) is 5.52.